The van der Waals surface area contributed by atoms with Gasteiger partial charge in [-0.2, -0.15) is 0 Å². The Morgan fingerprint density at radius 1 is 1.33 bits per heavy atom. The third-order valence-corrected chi connectivity index (χ3v) is 7.48. The Morgan fingerprint density at radius 3 is 2.57 bits per heavy atom. The van der Waals surface area contributed by atoms with Crippen LogP contribution in [-0.4, -0.2) is 51.6 Å². The van der Waals surface area contributed by atoms with Crippen molar-refractivity contribution in [3.63, 3.8) is 0 Å². The van der Waals surface area contributed by atoms with Gasteiger partial charge in [0.05, 0.1) is 13.2 Å². The van der Waals surface area contributed by atoms with Gasteiger partial charge in [-0.15, -0.1) is 4.72 Å². The summed E-state index contributed by atoms with van der Waals surface area (Å²) < 4.78 is 20.5. The Morgan fingerprint density at radius 2 is 2.00 bits per heavy atom. The maximum atomic E-state index is 13.0. The minimum Gasteiger partial charge on any atom is -0.598 e. The van der Waals surface area contributed by atoms with Crippen LogP contribution in [0.2, 0.25) is 0 Å². The number of carbonyl (C=O) groups is 2. The number of methoxy groups -OCH3 is 1. The van der Waals surface area contributed by atoms with E-state index in [1.54, 1.807) is 0 Å². The van der Waals surface area contributed by atoms with Crippen molar-refractivity contribution >= 4 is 23.4 Å². The van der Waals surface area contributed by atoms with Gasteiger partial charge in [-0.05, 0) is 63.3 Å². The summed E-state index contributed by atoms with van der Waals surface area (Å²) in [6.07, 6.45) is 1.27. The molecule has 1 fully saturated rings. The molecule has 0 saturated carbocycles. The zero-order valence-electron chi connectivity index (χ0n) is 17.8. The third kappa shape index (κ3) is 4.59. The normalized spacial score (nSPS) is 20.8. The molecule has 1 aliphatic carbocycles. The summed E-state index contributed by atoms with van der Waals surface area (Å²) in [5.74, 6) is 4.67. The molecule has 1 spiro atoms. The lowest BCUT2D eigenvalue weighted by Gasteiger charge is -2.43. The molecule has 1 aromatic rings. The molecule has 1 amide bonds. The molecule has 2 aliphatic rings. The number of carboxylic acid groups (broad SMARTS) is 1. The molecule has 1 heterocycles. The number of ether oxygens (including phenoxy) is 1. The molecule has 8 heteroatoms. The van der Waals surface area contributed by atoms with Crippen LogP contribution >= 0.6 is 0 Å². The van der Waals surface area contributed by atoms with E-state index >= 15 is 0 Å². The van der Waals surface area contributed by atoms with Gasteiger partial charge in [-0.25, -0.2) is 9.59 Å². The second kappa shape index (κ2) is 8.50. The van der Waals surface area contributed by atoms with E-state index in [9.17, 15) is 19.2 Å². The van der Waals surface area contributed by atoms with E-state index in [-0.39, 0.29) is 11.5 Å². The fourth-order valence-electron chi connectivity index (χ4n) is 4.17. The van der Waals surface area contributed by atoms with Crippen LogP contribution in [0, 0.1) is 17.3 Å². The number of benzene rings is 1. The van der Waals surface area contributed by atoms with Crippen LogP contribution in [0.1, 0.15) is 56.3 Å². The molecule has 0 radical (unpaired) electrons. The lowest BCUT2D eigenvalue weighted by atomic mass is 9.73. The van der Waals surface area contributed by atoms with Crippen LogP contribution in [0.3, 0.4) is 0 Å². The smallest absolute Gasteiger partial charge is 0.407 e. The molecule has 3 rings (SSSR count). The zero-order valence-corrected chi connectivity index (χ0v) is 18.6. The average molecular weight is 433 g/mol. The van der Waals surface area contributed by atoms with Crippen molar-refractivity contribution in [3.05, 3.63) is 34.9 Å². The molecule has 0 aromatic heterocycles. The van der Waals surface area contributed by atoms with Gasteiger partial charge in [0, 0.05) is 41.4 Å². The van der Waals surface area contributed by atoms with Gasteiger partial charge in [-0.1, -0.05) is 12.0 Å². The van der Waals surface area contributed by atoms with E-state index in [4.69, 9.17) is 0 Å². The minimum atomic E-state index is -1.29. The van der Waals surface area contributed by atoms with Crippen molar-refractivity contribution < 1.29 is 24.0 Å². The predicted molar refractivity (Wildman–Crippen MR) is 114 cm³/mol. The van der Waals surface area contributed by atoms with Crippen molar-refractivity contribution in [2.45, 2.75) is 50.8 Å². The monoisotopic (exact) mass is 432 g/mol. The maximum Gasteiger partial charge on any atom is 0.407 e. The number of likely N-dealkylation sites (tertiary alicyclic amines) is 1. The number of hydrogen-bond donors (Lipinski definition) is 2. The summed E-state index contributed by atoms with van der Waals surface area (Å²) in [5.41, 5.74) is 2.65. The minimum absolute atomic E-state index is 0.177. The Labute approximate surface area is 180 Å². The highest BCUT2D eigenvalue weighted by molar-refractivity contribution is 7.90. The highest BCUT2D eigenvalue weighted by atomic mass is 32.2. The average Bonchev–Trinajstić information content (AvgIpc) is 2.98. The van der Waals surface area contributed by atoms with Gasteiger partial charge >= 0.3 is 12.1 Å². The Balaban J connectivity index is 1.95. The van der Waals surface area contributed by atoms with Crippen molar-refractivity contribution in [1.29, 1.82) is 0 Å². The number of amides is 1. The predicted octanol–water partition coefficient (Wildman–Crippen LogP) is 2.62. The third-order valence-electron chi connectivity index (χ3n) is 5.92. The largest absolute Gasteiger partial charge is 0.598 e. The molecule has 2 N–H and O–H groups in total. The SMILES string of the molecule is COC(=O)C#Cc1ccc2c(c1)[C@@H](N[S+]([O-])C(C)(C)C)C1(CCN(C(=O)O)CC1)C2. The van der Waals surface area contributed by atoms with E-state index < -0.39 is 28.2 Å². The van der Waals surface area contributed by atoms with E-state index in [1.165, 1.54) is 12.0 Å². The molecule has 30 heavy (non-hydrogen) atoms. The highest BCUT2D eigenvalue weighted by Gasteiger charge is 2.50. The lowest BCUT2D eigenvalue weighted by Crippen LogP contribution is -2.50. The molecule has 1 saturated heterocycles. The molecule has 1 aromatic carbocycles. The molecular weight excluding hydrogens is 404 g/mol. The van der Waals surface area contributed by atoms with E-state index in [1.807, 2.05) is 39.0 Å². The number of hydrogen-bond acceptors (Lipinski definition) is 5. The van der Waals surface area contributed by atoms with Crippen LogP contribution in [0.4, 0.5) is 4.79 Å². The summed E-state index contributed by atoms with van der Waals surface area (Å²) in [7, 11) is 1.29. The van der Waals surface area contributed by atoms with Crippen LogP contribution in [0.15, 0.2) is 18.2 Å². The zero-order chi connectivity index (χ0) is 22.1. The number of rotatable bonds is 2. The number of nitrogens with zero attached hydrogens (tertiary/aromatic N) is 1. The number of esters is 1. The quantitative estimate of drug-likeness (QED) is 0.423. The van der Waals surface area contributed by atoms with Gasteiger partial charge in [0.15, 0.2) is 0 Å². The fraction of sp³-hybridized carbons (Fsp3) is 0.545. The van der Waals surface area contributed by atoms with Crippen molar-refractivity contribution in [2.75, 3.05) is 20.2 Å². The van der Waals surface area contributed by atoms with Gasteiger partial charge in [-0.3, -0.25) is 0 Å². The first kappa shape index (κ1) is 22.5. The van der Waals surface area contributed by atoms with Gasteiger partial charge < -0.3 is 19.3 Å². The topological polar surface area (TPSA) is 102 Å². The second-order valence-electron chi connectivity index (χ2n) is 8.90. The van der Waals surface area contributed by atoms with Gasteiger partial charge in [0.1, 0.15) is 4.75 Å². The van der Waals surface area contributed by atoms with E-state index in [0.717, 1.165) is 17.5 Å². The fourth-order valence-corrected chi connectivity index (χ4v) is 5.11. The van der Waals surface area contributed by atoms with Gasteiger partial charge in [0.25, 0.3) is 0 Å². The molecule has 1 unspecified atom stereocenters. The Kier molecular flexibility index (Phi) is 6.37. The number of nitrogens with one attached hydrogen (secondary N) is 1. The summed E-state index contributed by atoms with van der Waals surface area (Å²) in [4.78, 5) is 24.2. The van der Waals surface area contributed by atoms with E-state index in [2.05, 4.69) is 21.3 Å². The van der Waals surface area contributed by atoms with Crippen LogP contribution in [0.25, 0.3) is 0 Å². The first-order valence-electron chi connectivity index (χ1n) is 9.94. The summed E-state index contributed by atoms with van der Waals surface area (Å²) in [6.45, 7) is 6.68. The first-order valence-corrected chi connectivity index (χ1v) is 11.1. The molecule has 1 aliphatic heterocycles. The summed E-state index contributed by atoms with van der Waals surface area (Å²) in [6, 6.07) is 5.64. The second-order valence-corrected chi connectivity index (χ2v) is 10.9. The number of carbonyl (C=O) groups excluding carboxylic acids is 1. The van der Waals surface area contributed by atoms with E-state index in [0.29, 0.717) is 31.5 Å². The highest BCUT2D eigenvalue weighted by Crippen LogP contribution is 2.52. The van der Waals surface area contributed by atoms with Crippen molar-refractivity contribution in [2.24, 2.45) is 5.41 Å². The summed E-state index contributed by atoms with van der Waals surface area (Å²) >= 11 is -1.29. The number of piperidine rings is 1. The Bertz CT molecular complexity index is 891. The molecule has 162 valence electrons. The van der Waals surface area contributed by atoms with Crippen LogP contribution < -0.4 is 4.72 Å². The van der Waals surface area contributed by atoms with Crippen LogP contribution in [-0.2, 0) is 27.3 Å². The first-order chi connectivity index (χ1) is 14.1. The molecule has 0 bridgehead atoms. The molecular formula is C22H28N2O5S. The van der Waals surface area contributed by atoms with Crippen LogP contribution in [0.5, 0.6) is 0 Å². The number of fused-ring (bicyclic) bond motifs is 1. The standard InChI is InChI=1S/C22H28N2O5S/c1-21(2,3)30(28)23-19-17-13-15(6-8-18(25)29-4)5-7-16(17)14-22(19)9-11-24(12-10-22)20(26)27/h5,7,13,19,23H,9-12,14H2,1-4H3,(H,26,27)/t19-,30?/m1/s1. The lowest BCUT2D eigenvalue weighted by molar-refractivity contribution is -0.133. The molecule has 7 nitrogen and oxygen atoms in total. The molecule has 2 atom stereocenters. The van der Waals surface area contributed by atoms with Crippen molar-refractivity contribution in [3.8, 4) is 11.8 Å². The van der Waals surface area contributed by atoms with Crippen molar-refractivity contribution in [1.82, 2.24) is 9.62 Å². The van der Waals surface area contributed by atoms with Gasteiger partial charge in [0.2, 0.25) is 0 Å². The maximum absolute atomic E-state index is 13.0. The Hall–Kier alpha value is -2.21. The summed E-state index contributed by atoms with van der Waals surface area (Å²) in [5, 5.41) is 9.33.